The van der Waals surface area contributed by atoms with E-state index < -0.39 is 35.5 Å². The maximum atomic E-state index is 13.4. The van der Waals surface area contributed by atoms with Crippen molar-refractivity contribution in [2.24, 2.45) is 22.9 Å². The Bertz CT molecular complexity index is 1490. The molecule has 0 spiro atoms. The van der Waals surface area contributed by atoms with Crippen LogP contribution in [0, 0.1) is 22.7 Å². The number of ketones is 1. The molecule has 3 aromatic carbocycles. The van der Waals surface area contributed by atoms with E-state index in [4.69, 9.17) is 23.2 Å². The van der Waals surface area contributed by atoms with Crippen molar-refractivity contribution in [3.8, 4) is 11.1 Å². The first-order valence-electron chi connectivity index (χ1n) is 11.9. The number of nitroso groups, excluding NO2 is 1. The highest BCUT2D eigenvalue weighted by molar-refractivity contribution is 6.34. The average Bonchev–Trinajstić information content (AvgIpc) is 3.43. The minimum Gasteiger partial charge on any atom is -0.481 e. The van der Waals surface area contributed by atoms with Gasteiger partial charge in [-0.15, -0.1) is 4.91 Å². The topological polar surface area (TPSA) is 121 Å². The number of hydrogen-bond acceptors (Lipinski definition) is 6. The molecule has 0 aromatic heterocycles. The van der Waals surface area contributed by atoms with Gasteiger partial charge in [0.1, 0.15) is 5.69 Å². The quantitative estimate of drug-likeness (QED) is 0.210. The fourth-order valence-electron chi connectivity index (χ4n) is 5.41. The molecule has 1 aliphatic carbocycles. The van der Waals surface area contributed by atoms with Gasteiger partial charge in [0.15, 0.2) is 5.78 Å². The Morgan fingerprint density at radius 2 is 1.47 bits per heavy atom. The Labute approximate surface area is 227 Å². The van der Waals surface area contributed by atoms with Gasteiger partial charge in [0, 0.05) is 23.0 Å². The highest BCUT2D eigenvalue weighted by atomic mass is 35.5. The van der Waals surface area contributed by atoms with Crippen molar-refractivity contribution >= 4 is 52.5 Å². The van der Waals surface area contributed by atoms with E-state index in [-0.39, 0.29) is 34.2 Å². The van der Waals surface area contributed by atoms with Crippen LogP contribution in [0.5, 0.6) is 0 Å². The lowest BCUT2D eigenvalue weighted by Crippen LogP contribution is -2.39. The number of carbonyl (C=O) groups excluding carboxylic acids is 3. The van der Waals surface area contributed by atoms with Gasteiger partial charge in [-0.05, 0) is 59.3 Å². The van der Waals surface area contributed by atoms with Crippen molar-refractivity contribution in [2.45, 2.75) is 12.8 Å². The average molecular weight is 551 g/mol. The molecule has 1 aliphatic heterocycles. The smallest absolute Gasteiger partial charge is 0.307 e. The van der Waals surface area contributed by atoms with Gasteiger partial charge in [0.25, 0.3) is 11.8 Å². The lowest BCUT2D eigenvalue weighted by molar-refractivity contribution is -0.144. The van der Waals surface area contributed by atoms with Gasteiger partial charge in [-0.3, -0.25) is 24.1 Å². The molecule has 8 nitrogen and oxygen atoms in total. The number of carboxylic acid groups (broad SMARTS) is 1. The zero-order valence-corrected chi connectivity index (χ0v) is 21.3. The number of imide groups is 1. The fraction of sp³-hybridized carbons (Fsp3) is 0.214. The van der Waals surface area contributed by atoms with E-state index in [1.807, 2.05) is 12.1 Å². The van der Waals surface area contributed by atoms with Crippen LogP contribution < -0.4 is 0 Å². The second-order valence-corrected chi connectivity index (χ2v) is 10.3. The maximum absolute atomic E-state index is 13.4. The van der Waals surface area contributed by atoms with Crippen LogP contribution in [0.2, 0.25) is 10.0 Å². The number of fused-ring (bicyclic) bond motifs is 1. The second kappa shape index (κ2) is 10.1. The summed E-state index contributed by atoms with van der Waals surface area (Å²) in [4.78, 5) is 63.5. The molecule has 0 bridgehead atoms. The zero-order valence-electron chi connectivity index (χ0n) is 19.8. The van der Waals surface area contributed by atoms with Crippen LogP contribution in [-0.2, 0) is 4.79 Å². The predicted octanol–water partition coefficient (Wildman–Crippen LogP) is 6.26. The number of aliphatic carboxylic acids is 1. The number of amides is 2. The number of rotatable bonds is 7. The van der Waals surface area contributed by atoms with Crippen molar-refractivity contribution in [1.82, 2.24) is 4.90 Å². The molecule has 2 amide bonds. The summed E-state index contributed by atoms with van der Waals surface area (Å²) >= 11 is 11.9. The largest absolute Gasteiger partial charge is 0.481 e. The molecule has 3 aromatic rings. The van der Waals surface area contributed by atoms with E-state index in [1.54, 1.807) is 36.4 Å². The summed E-state index contributed by atoms with van der Waals surface area (Å²) in [5, 5.41) is 13.4. The molecule has 10 heteroatoms. The lowest BCUT2D eigenvalue weighted by atomic mass is 9.84. The van der Waals surface area contributed by atoms with Crippen LogP contribution >= 0.6 is 23.2 Å². The molecule has 3 atom stereocenters. The molecule has 1 saturated carbocycles. The summed E-state index contributed by atoms with van der Waals surface area (Å²) in [5.74, 6) is -5.21. The molecular weight excluding hydrogens is 531 g/mol. The molecule has 2 aliphatic rings. The molecule has 0 unspecified atom stereocenters. The van der Waals surface area contributed by atoms with Crippen LogP contribution in [0.15, 0.2) is 65.8 Å². The van der Waals surface area contributed by atoms with E-state index >= 15 is 0 Å². The SMILES string of the molecule is O=Nc1cc2c(cc1Cl)C(=O)N(C[C@@H]1CC[C@H](C(=O)c3ccc(-c4ccc(Cl)cc4)cc3)[C@H]1C(=O)O)C2=O. The number of carboxylic acids is 1. The van der Waals surface area contributed by atoms with E-state index in [1.165, 1.54) is 6.07 Å². The number of hydrogen-bond donors (Lipinski definition) is 1. The molecule has 1 N–H and O–H groups in total. The van der Waals surface area contributed by atoms with E-state index in [9.17, 15) is 29.2 Å². The number of Topliss-reactive ketones (excluding diaryl/α,β-unsaturated/α-hetero) is 1. The van der Waals surface area contributed by atoms with Gasteiger partial charge in [-0.2, -0.15) is 0 Å². The van der Waals surface area contributed by atoms with E-state index in [0.29, 0.717) is 23.4 Å². The highest BCUT2D eigenvalue weighted by Crippen LogP contribution is 2.42. The Morgan fingerprint density at radius 3 is 2.05 bits per heavy atom. The van der Waals surface area contributed by atoms with Gasteiger partial charge in [0.2, 0.25) is 0 Å². The van der Waals surface area contributed by atoms with Crippen LogP contribution in [0.4, 0.5) is 5.69 Å². The molecule has 1 fully saturated rings. The third-order valence-electron chi connectivity index (χ3n) is 7.31. The lowest BCUT2D eigenvalue weighted by Gasteiger charge is -2.24. The Hall–Kier alpha value is -3.88. The maximum Gasteiger partial charge on any atom is 0.307 e. The Balaban J connectivity index is 1.34. The van der Waals surface area contributed by atoms with Crippen molar-refractivity contribution in [3.63, 3.8) is 0 Å². The normalized spacial score (nSPS) is 20.5. The van der Waals surface area contributed by atoms with Crippen molar-refractivity contribution < 1.29 is 24.3 Å². The summed E-state index contributed by atoms with van der Waals surface area (Å²) in [7, 11) is 0. The van der Waals surface area contributed by atoms with E-state index in [0.717, 1.165) is 22.1 Å². The summed E-state index contributed by atoms with van der Waals surface area (Å²) in [6.45, 7) is -0.163. The molecule has 1 heterocycles. The van der Waals surface area contributed by atoms with Crippen LogP contribution in [-0.4, -0.2) is 40.1 Å². The van der Waals surface area contributed by atoms with Crippen LogP contribution in [0.1, 0.15) is 43.9 Å². The van der Waals surface area contributed by atoms with Crippen LogP contribution in [0.25, 0.3) is 11.1 Å². The van der Waals surface area contributed by atoms with Crippen molar-refractivity contribution in [2.75, 3.05) is 6.54 Å². The Morgan fingerprint density at radius 1 is 0.895 bits per heavy atom. The third-order valence-corrected chi connectivity index (χ3v) is 7.87. The molecular formula is C28H20Cl2N2O6. The predicted molar refractivity (Wildman–Crippen MR) is 141 cm³/mol. The highest BCUT2D eigenvalue weighted by Gasteiger charge is 2.47. The molecule has 0 saturated heterocycles. The van der Waals surface area contributed by atoms with E-state index in [2.05, 4.69) is 5.18 Å². The van der Waals surface area contributed by atoms with Gasteiger partial charge >= 0.3 is 5.97 Å². The fourth-order valence-corrected chi connectivity index (χ4v) is 5.73. The monoisotopic (exact) mass is 550 g/mol. The first kappa shape index (κ1) is 25.8. The van der Waals surface area contributed by atoms with Gasteiger partial charge in [-0.25, -0.2) is 0 Å². The van der Waals surface area contributed by atoms with Gasteiger partial charge in [0.05, 0.1) is 22.1 Å². The molecule has 5 rings (SSSR count). The summed E-state index contributed by atoms with van der Waals surface area (Å²) in [6, 6.07) is 16.6. The number of nitrogens with zero attached hydrogens (tertiary/aromatic N) is 2. The first-order chi connectivity index (χ1) is 18.2. The minimum absolute atomic E-state index is 0.00715. The number of benzene rings is 3. The Kier molecular flexibility index (Phi) is 6.86. The first-order valence-corrected chi connectivity index (χ1v) is 12.6. The summed E-state index contributed by atoms with van der Waals surface area (Å²) < 4.78 is 0. The second-order valence-electron chi connectivity index (χ2n) is 9.42. The summed E-state index contributed by atoms with van der Waals surface area (Å²) in [6.07, 6.45) is 0.666. The minimum atomic E-state index is -1.16. The zero-order chi connectivity index (χ0) is 27.1. The van der Waals surface area contributed by atoms with Crippen LogP contribution in [0.3, 0.4) is 0 Å². The molecule has 38 heavy (non-hydrogen) atoms. The number of carbonyl (C=O) groups is 4. The van der Waals surface area contributed by atoms with Gasteiger partial charge in [-0.1, -0.05) is 59.6 Å². The van der Waals surface area contributed by atoms with Gasteiger partial charge < -0.3 is 5.11 Å². The summed E-state index contributed by atoms with van der Waals surface area (Å²) in [5.41, 5.74) is 2.07. The number of halogens is 2. The molecule has 0 radical (unpaired) electrons. The van der Waals surface area contributed by atoms with Crippen molar-refractivity contribution in [3.05, 3.63) is 92.3 Å². The van der Waals surface area contributed by atoms with Crippen molar-refractivity contribution in [1.29, 1.82) is 0 Å². The molecule has 192 valence electrons. The third kappa shape index (κ3) is 4.50. The standard InChI is InChI=1S/C28H20Cl2N2O6/c29-18-8-5-15(6-9-18)14-1-3-16(4-2-14)25(33)19-10-7-17(24(19)28(36)37)13-32-26(34)20-11-22(30)23(31-38)12-21(20)27(32)35/h1-6,8-9,11-12,17,19,24H,7,10,13H2,(H,36,37)/t17-,19-,24-/m0/s1.